The van der Waals surface area contributed by atoms with Gasteiger partial charge in [-0.15, -0.1) is 0 Å². The van der Waals surface area contributed by atoms with Crippen molar-refractivity contribution in [2.75, 3.05) is 54.1 Å². The summed E-state index contributed by atoms with van der Waals surface area (Å²) in [5.41, 5.74) is 0. The van der Waals surface area contributed by atoms with Crippen molar-refractivity contribution >= 4 is 13.8 Å². The van der Waals surface area contributed by atoms with E-state index in [1.54, 1.807) is 0 Å². The van der Waals surface area contributed by atoms with E-state index in [2.05, 4.69) is 26.0 Å². The van der Waals surface area contributed by atoms with E-state index in [9.17, 15) is 14.3 Å². The van der Waals surface area contributed by atoms with Gasteiger partial charge in [0.1, 0.15) is 19.3 Å². The first-order valence-corrected chi connectivity index (χ1v) is 27.4. The second kappa shape index (κ2) is 44.8. The largest absolute Gasteiger partial charge is 0.756 e. The fourth-order valence-corrected chi connectivity index (χ4v) is 8.27. The molecular formula is C51H102NO7P. The van der Waals surface area contributed by atoms with Crippen molar-refractivity contribution in [2.45, 2.75) is 258 Å². The number of esters is 1. The van der Waals surface area contributed by atoms with Gasteiger partial charge >= 0.3 is 5.97 Å². The molecule has 358 valence electrons. The van der Waals surface area contributed by atoms with E-state index in [-0.39, 0.29) is 25.8 Å². The Labute approximate surface area is 373 Å². The molecule has 2 atom stereocenters. The number of nitrogens with zero attached hydrogens (tertiary/aromatic N) is 1. The molecule has 0 aromatic rings. The first-order chi connectivity index (χ1) is 29.1. The van der Waals surface area contributed by atoms with Gasteiger partial charge in [-0.2, -0.15) is 0 Å². The SMILES string of the molecule is CCCCCCCCC/C=C\CCCCCCCCCC(=O)OC(COCCCCCCCCCCCCCCCCCCCCCC)COP(=O)([O-])OCC[N+](C)(C)C. The van der Waals surface area contributed by atoms with Crippen LogP contribution < -0.4 is 4.89 Å². The fraction of sp³-hybridized carbons (Fsp3) is 0.941. The van der Waals surface area contributed by atoms with Crippen LogP contribution in [0.1, 0.15) is 251 Å². The monoisotopic (exact) mass is 872 g/mol. The lowest BCUT2D eigenvalue weighted by Crippen LogP contribution is -2.37. The maximum Gasteiger partial charge on any atom is 0.306 e. The van der Waals surface area contributed by atoms with Gasteiger partial charge in [0.2, 0.25) is 0 Å². The Kier molecular flexibility index (Phi) is 44.3. The van der Waals surface area contributed by atoms with Crippen LogP contribution in [0.3, 0.4) is 0 Å². The van der Waals surface area contributed by atoms with Gasteiger partial charge in [0.05, 0.1) is 34.4 Å². The minimum absolute atomic E-state index is 0.0288. The highest BCUT2D eigenvalue weighted by Crippen LogP contribution is 2.38. The Morgan fingerprint density at radius 3 is 1.27 bits per heavy atom. The highest BCUT2D eigenvalue weighted by Gasteiger charge is 2.20. The third-order valence-corrected chi connectivity index (χ3v) is 12.5. The molecule has 0 rings (SSSR count). The Hall–Kier alpha value is -0.760. The Morgan fingerprint density at radius 1 is 0.500 bits per heavy atom. The molecule has 9 heteroatoms. The van der Waals surface area contributed by atoms with E-state index in [1.165, 1.54) is 199 Å². The molecule has 0 aliphatic rings. The van der Waals surface area contributed by atoms with E-state index in [1.807, 2.05) is 21.1 Å². The number of quaternary nitrogens is 1. The van der Waals surface area contributed by atoms with Gasteiger partial charge in [-0.25, -0.2) is 0 Å². The molecule has 0 N–H and O–H groups in total. The van der Waals surface area contributed by atoms with Crippen LogP contribution in [0.2, 0.25) is 0 Å². The average Bonchev–Trinajstić information content (AvgIpc) is 3.20. The molecule has 60 heavy (non-hydrogen) atoms. The van der Waals surface area contributed by atoms with E-state index >= 15 is 0 Å². The molecule has 0 spiro atoms. The third-order valence-electron chi connectivity index (χ3n) is 11.6. The van der Waals surface area contributed by atoms with Crippen LogP contribution >= 0.6 is 7.82 Å². The number of phosphoric acid groups is 1. The molecule has 0 saturated heterocycles. The van der Waals surface area contributed by atoms with Crippen molar-refractivity contribution in [1.29, 1.82) is 0 Å². The van der Waals surface area contributed by atoms with Gasteiger partial charge in [-0.05, 0) is 38.5 Å². The van der Waals surface area contributed by atoms with Crippen LogP contribution in [0.4, 0.5) is 0 Å². The molecule has 0 heterocycles. The molecule has 0 aliphatic carbocycles. The number of hydrogen-bond acceptors (Lipinski definition) is 7. The number of rotatable bonds is 49. The van der Waals surface area contributed by atoms with E-state index in [4.69, 9.17) is 18.5 Å². The van der Waals surface area contributed by atoms with Crippen LogP contribution in [0.5, 0.6) is 0 Å². The van der Waals surface area contributed by atoms with Crippen LogP contribution in [0.25, 0.3) is 0 Å². The third kappa shape index (κ3) is 48.3. The van der Waals surface area contributed by atoms with Crippen molar-refractivity contribution in [3.8, 4) is 0 Å². The fourth-order valence-electron chi connectivity index (χ4n) is 7.54. The lowest BCUT2D eigenvalue weighted by atomic mass is 10.0. The molecule has 0 aromatic carbocycles. The quantitative estimate of drug-likeness (QED) is 0.0198. The van der Waals surface area contributed by atoms with Crippen LogP contribution in [0.15, 0.2) is 12.2 Å². The summed E-state index contributed by atoms with van der Waals surface area (Å²) in [7, 11) is 1.37. The summed E-state index contributed by atoms with van der Waals surface area (Å²) in [4.78, 5) is 25.2. The molecule has 0 bridgehead atoms. The standard InChI is InChI=1S/C51H102NO7P/c1-6-8-10-12-14-16-18-20-22-24-26-27-29-31-33-35-37-39-41-43-46-56-48-50(49-58-60(54,55)57-47-45-52(3,4)5)59-51(53)44-42-40-38-36-34-32-30-28-25-23-21-19-17-15-13-11-9-7-2/h23,25,50H,6-22,24,26-49H2,1-5H3/b25-23-. The number of ether oxygens (including phenoxy) is 2. The minimum Gasteiger partial charge on any atom is -0.756 e. The van der Waals surface area contributed by atoms with E-state index < -0.39 is 13.9 Å². The van der Waals surface area contributed by atoms with Crippen molar-refractivity contribution in [2.24, 2.45) is 0 Å². The van der Waals surface area contributed by atoms with Crippen LogP contribution in [-0.4, -0.2) is 70.7 Å². The number of allylic oxidation sites excluding steroid dienone is 2. The van der Waals surface area contributed by atoms with Gasteiger partial charge in [-0.1, -0.05) is 219 Å². The molecule has 0 saturated carbocycles. The summed E-state index contributed by atoms with van der Waals surface area (Å²) in [6.07, 6.45) is 50.9. The Morgan fingerprint density at radius 2 is 0.867 bits per heavy atom. The van der Waals surface area contributed by atoms with Crippen molar-refractivity contribution in [3.63, 3.8) is 0 Å². The number of likely N-dealkylation sites (N-methyl/N-ethyl adjacent to an activating group) is 1. The second-order valence-corrected chi connectivity index (χ2v) is 20.3. The maximum atomic E-state index is 12.7. The van der Waals surface area contributed by atoms with Crippen molar-refractivity contribution in [1.82, 2.24) is 0 Å². The van der Waals surface area contributed by atoms with Crippen LogP contribution in [-0.2, 0) is 27.9 Å². The number of carbonyl (C=O) groups excluding carboxylic acids is 1. The van der Waals surface area contributed by atoms with Crippen LogP contribution in [0, 0.1) is 0 Å². The first kappa shape index (κ1) is 59.2. The Bertz CT molecular complexity index is 972. The zero-order valence-corrected chi connectivity index (χ0v) is 41.6. The summed E-state index contributed by atoms with van der Waals surface area (Å²) >= 11 is 0. The minimum atomic E-state index is -4.53. The number of carbonyl (C=O) groups is 1. The molecule has 0 fully saturated rings. The number of hydrogen-bond donors (Lipinski definition) is 0. The lowest BCUT2D eigenvalue weighted by Gasteiger charge is -2.28. The average molecular weight is 872 g/mol. The zero-order chi connectivity index (χ0) is 44.1. The van der Waals surface area contributed by atoms with Gasteiger partial charge < -0.3 is 27.9 Å². The zero-order valence-electron chi connectivity index (χ0n) is 40.7. The number of phosphoric ester groups is 1. The normalized spacial score (nSPS) is 13.6. The maximum absolute atomic E-state index is 12.7. The van der Waals surface area contributed by atoms with Gasteiger partial charge in [0.25, 0.3) is 7.82 Å². The Balaban J connectivity index is 4.10. The predicted octanol–water partition coefficient (Wildman–Crippen LogP) is 15.2. The number of unbranched alkanes of at least 4 members (excludes halogenated alkanes) is 33. The van der Waals surface area contributed by atoms with Crippen molar-refractivity contribution < 1.29 is 37.3 Å². The molecule has 0 radical (unpaired) electrons. The first-order valence-electron chi connectivity index (χ1n) is 25.9. The summed E-state index contributed by atoms with van der Waals surface area (Å²) in [6, 6.07) is 0. The summed E-state index contributed by atoms with van der Waals surface area (Å²) in [5, 5.41) is 0. The van der Waals surface area contributed by atoms with E-state index in [0.717, 1.165) is 32.1 Å². The highest BCUT2D eigenvalue weighted by molar-refractivity contribution is 7.45. The summed E-state index contributed by atoms with van der Waals surface area (Å²) in [5.74, 6) is -0.332. The molecular weight excluding hydrogens is 770 g/mol. The molecule has 0 aliphatic heterocycles. The highest BCUT2D eigenvalue weighted by atomic mass is 31.2. The predicted molar refractivity (Wildman–Crippen MR) is 254 cm³/mol. The summed E-state index contributed by atoms with van der Waals surface area (Å²) < 4.78 is 34.8. The van der Waals surface area contributed by atoms with Gasteiger partial charge in [-0.3, -0.25) is 9.36 Å². The van der Waals surface area contributed by atoms with Gasteiger partial charge in [0.15, 0.2) is 0 Å². The molecule has 0 aromatic heterocycles. The molecule has 8 nitrogen and oxygen atoms in total. The lowest BCUT2D eigenvalue weighted by molar-refractivity contribution is -0.870. The second-order valence-electron chi connectivity index (χ2n) is 18.9. The molecule has 0 amide bonds. The smallest absolute Gasteiger partial charge is 0.306 e. The summed E-state index contributed by atoms with van der Waals surface area (Å²) in [6.45, 7) is 5.47. The topological polar surface area (TPSA) is 94.1 Å². The van der Waals surface area contributed by atoms with Crippen molar-refractivity contribution in [3.05, 3.63) is 12.2 Å². The van der Waals surface area contributed by atoms with E-state index in [0.29, 0.717) is 24.1 Å². The van der Waals surface area contributed by atoms with Gasteiger partial charge in [0, 0.05) is 13.0 Å². The molecule has 2 unspecified atom stereocenters.